The van der Waals surface area contributed by atoms with E-state index in [2.05, 4.69) is 20.4 Å². The SMILES string of the molecule is CCOCCCCNC(=NC)NCc1cccc(OCC)c1OC(F)F. The van der Waals surface area contributed by atoms with Crippen LogP contribution in [0.15, 0.2) is 23.2 Å². The number of hydrogen-bond donors (Lipinski definition) is 2. The zero-order chi connectivity index (χ0) is 19.2. The third-order valence-electron chi connectivity index (χ3n) is 3.45. The highest BCUT2D eigenvalue weighted by Gasteiger charge is 2.15. The molecule has 148 valence electrons. The maximum absolute atomic E-state index is 12.7. The molecule has 0 heterocycles. The first-order chi connectivity index (χ1) is 12.6. The summed E-state index contributed by atoms with van der Waals surface area (Å²) in [6.07, 6.45) is 1.90. The Morgan fingerprint density at radius 1 is 1.15 bits per heavy atom. The van der Waals surface area contributed by atoms with Gasteiger partial charge < -0.3 is 24.8 Å². The number of para-hydroxylation sites is 1. The van der Waals surface area contributed by atoms with Crippen LogP contribution in [0.5, 0.6) is 11.5 Å². The first kappa shape index (κ1) is 22.0. The highest BCUT2D eigenvalue weighted by atomic mass is 19.3. The summed E-state index contributed by atoms with van der Waals surface area (Å²) in [7, 11) is 1.66. The normalized spacial score (nSPS) is 11.5. The number of unbranched alkanes of at least 4 members (excludes halogenated alkanes) is 1. The second kappa shape index (κ2) is 13.2. The molecule has 0 atom stereocenters. The Kier molecular flexibility index (Phi) is 11.1. The van der Waals surface area contributed by atoms with Crippen molar-refractivity contribution in [3.63, 3.8) is 0 Å². The summed E-state index contributed by atoms with van der Waals surface area (Å²) < 4.78 is 40.8. The number of rotatable bonds is 12. The minimum Gasteiger partial charge on any atom is -0.490 e. The van der Waals surface area contributed by atoms with Crippen molar-refractivity contribution in [3.05, 3.63) is 23.8 Å². The van der Waals surface area contributed by atoms with Crippen LogP contribution in [0, 0.1) is 0 Å². The molecule has 0 aliphatic heterocycles. The van der Waals surface area contributed by atoms with Gasteiger partial charge in [-0.15, -0.1) is 0 Å². The van der Waals surface area contributed by atoms with Crippen molar-refractivity contribution in [2.24, 2.45) is 4.99 Å². The van der Waals surface area contributed by atoms with Gasteiger partial charge in [0.1, 0.15) is 0 Å². The van der Waals surface area contributed by atoms with Crippen LogP contribution in [-0.4, -0.2) is 46.0 Å². The lowest BCUT2D eigenvalue weighted by Crippen LogP contribution is -2.37. The third-order valence-corrected chi connectivity index (χ3v) is 3.45. The molecule has 0 aliphatic carbocycles. The average Bonchev–Trinajstić information content (AvgIpc) is 2.62. The van der Waals surface area contributed by atoms with Crippen LogP contribution >= 0.6 is 0 Å². The van der Waals surface area contributed by atoms with Crippen molar-refractivity contribution in [2.45, 2.75) is 39.8 Å². The number of hydrogen-bond acceptors (Lipinski definition) is 4. The van der Waals surface area contributed by atoms with Gasteiger partial charge in [0.05, 0.1) is 6.61 Å². The minimum atomic E-state index is -2.92. The van der Waals surface area contributed by atoms with Crippen LogP contribution in [0.3, 0.4) is 0 Å². The van der Waals surface area contributed by atoms with E-state index in [1.165, 1.54) is 0 Å². The van der Waals surface area contributed by atoms with Crippen LogP contribution in [0.25, 0.3) is 0 Å². The first-order valence-corrected chi connectivity index (χ1v) is 8.84. The Morgan fingerprint density at radius 2 is 1.96 bits per heavy atom. The highest BCUT2D eigenvalue weighted by Crippen LogP contribution is 2.32. The Balaban J connectivity index is 2.59. The van der Waals surface area contributed by atoms with E-state index >= 15 is 0 Å². The molecule has 6 nitrogen and oxygen atoms in total. The molecule has 0 unspecified atom stereocenters. The monoisotopic (exact) mass is 373 g/mol. The highest BCUT2D eigenvalue weighted by molar-refractivity contribution is 5.79. The largest absolute Gasteiger partial charge is 0.490 e. The predicted octanol–water partition coefficient (Wildman–Crippen LogP) is 3.17. The van der Waals surface area contributed by atoms with Crippen molar-refractivity contribution in [2.75, 3.05) is 33.4 Å². The minimum absolute atomic E-state index is 0.0454. The maximum Gasteiger partial charge on any atom is 0.387 e. The van der Waals surface area contributed by atoms with Crippen molar-refractivity contribution in [3.8, 4) is 11.5 Å². The molecule has 0 fully saturated rings. The fourth-order valence-electron chi connectivity index (χ4n) is 2.27. The predicted molar refractivity (Wildman–Crippen MR) is 98.2 cm³/mol. The van der Waals surface area contributed by atoms with Gasteiger partial charge in [0, 0.05) is 38.9 Å². The summed E-state index contributed by atoms with van der Waals surface area (Å²) in [5.74, 6) is 0.932. The van der Waals surface area contributed by atoms with Crippen LogP contribution in [0.2, 0.25) is 0 Å². The smallest absolute Gasteiger partial charge is 0.387 e. The summed E-state index contributed by atoms with van der Waals surface area (Å²) in [5.41, 5.74) is 0.565. The second-order valence-electron chi connectivity index (χ2n) is 5.31. The van der Waals surface area contributed by atoms with Gasteiger partial charge in [0.2, 0.25) is 0 Å². The quantitative estimate of drug-likeness (QED) is 0.335. The molecule has 0 saturated carbocycles. The van der Waals surface area contributed by atoms with Crippen molar-refractivity contribution in [1.29, 1.82) is 0 Å². The van der Waals surface area contributed by atoms with Crippen molar-refractivity contribution < 1.29 is 23.0 Å². The van der Waals surface area contributed by atoms with E-state index in [0.29, 0.717) is 23.9 Å². The molecule has 0 saturated heterocycles. The molecule has 0 aliphatic rings. The standard InChI is InChI=1S/C18H29F2N3O3/c1-4-24-12-7-6-11-22-18(21-3)23-13-14-9-8-10-15(25-5-2)16(14)26-17(19)20/h8-10,17H,4-7,11-13H2,1-3H3,(H2,21,22,23). The maximum atomic E-state index is 12.7. The van der Waals surface area contributed by atoms with E-state index in [0.717, 1.165) is 32.6 Å². The van der Waals surface area contributed by atoms with Gasteiger partial charge in [-0.05, 0) is 32.8 Å². The fourth-order valence-corrected chi connectivity index (χ4v) is 2.27. The molecular formula is C18H29F2N3O3. The summed E-state index contributed by atoms with van der Waals surface area (Å²) in [5, 5.41) is 6.28. The zero-order valence-electron chi connectivity index (χ0n) is 15.7. The number of alkyl halides is 2. The molecule has 0 bridgehead atoms. The molecule has 8 heteroatoms. The molecule has 1 aromatic rings. The van der Waals surface area contributed by atoms with E-state index in [1.807, 2.05) is 6.92 Å². The number of halogens is 2. The first-order valence-electron chi connectivity index (χ1n) is 8.84. The van der Waals surface area contributed by atoms with Crippen LogP contribution < -0.4 is 20.1 Å². The molecule has 1 aromatic carbocycles. The number of nitrogens with zero attached hydrogens (tertiary/aromatic N) is 1. The van der Waals surface area contributed by atoms with Gasteiger partial charge >= 0.3 is 6.61 Å². The lowest BCUT2D eigenvalue weighted by atomic mass is 10.2. The molecule has 2 N–H and O–H groups in total. The van der Waals surface area contributed by atoms with E-state index in [1.54, 1.807) is 32.2 Å². The van der Waals surface area contributed by atoms with Gasteiger partial charge in [-0.2, -0.15) is 8.78 Å². The number of benzene rings is 1. The van der Waals surface area contributed by atoms with E-state index in [4.69, 9.17) is 9.47 Å². The molecule has 26 heavy (non-hydrogen) atoms. The van der Waals surface area contributed by atoms with E-state index in [-0.39, 0.29) is 12.3 Å². The Hall–Kier alpha value is -2.09. The lowest BCUT2D eigenvalue weighted by Gasteiger charge is -2.17. The van der Waals surface area contributed by atoms with Crippen LogP contribution in [0.4, 0.5) is 8.78 Å². The van der Waals surface area contributed by atoms with E-state index in [9.17, 15) is 8.78 Å². The Morgan fingerprint density at radius 3 is 2.62 bits per heavy atom. The fraction of sp³-hybridized carbons (Fsp3) is 0.611. The van der Waals surface area contributed by atoms with Gasteiger partial charge in [-0.25, -0.2) is 0 Å². The van der Waals surface area contributed by atoms with Crippen molar-refractivity contribution >= 4 is 5.96 Å². The molecule has 0 amide bonds. The summed E-state index contributed by atoms with van der Waals surface area (Å²) in [6, 6.07) is 5.06. The Labute approximate surface area is 153 Å². The summed E-state index contributed by atoms with van der Waals surface area (Å²) in [6.45, 7) is 3.68. The number of ether oxygens (including phenoxy) is 3. The molecule has 1 rings (SSSR count). The van der Waals surface area contributed by atoms with E-state index < -0.39 is 6.61 Å². The topological polar surface area (TPSA) is 64.1 Å². The summed E-state index contributed by atoms with van der Waals surface area (Å²) >= 11 is 0. The van der Waals surface area contributed by atoms with Gasteiger partial charge in [0.25, 0.3) is 0 Å². The number of nitrogens with one attached hydrogen (secondary N) is 2. The number of guanidine groups is 1. The molecule has 0 aromatic heterocycles. The van der Waals surface area contributed by atoms with Gasteiger partial charge in [-0.1, -0.05) is 12.1 Å². The zero-order valence-corrected chi connectivity index (χ0v) is 15.7. The average molecular weight is 373 g/mol. The van der Waals surface area contributed by atoms with Crippen LogP contribution in [-0.2, 0) is 11.3 Å². The third kappa shape index (κ3) is 8.33. The molecular weight excluding hydrogens is 344 g/mol. The van der Waals surface area contributed by atoms with Gasteiger partial charge in [0.15, 0.2) is 17.5 Å². The summed E-state index contributed by atoms with van der Waals surface area (Å²) in [4.78, 5) is 4.13. The van der Waals surface area contributed by atoms with Crippen molar-refractivity contribution in [1.82, 2.24) is 10.6 Å². The molecule has 0 spiro atoms. The Bertz CT molecular complexity index is 542. The van der Waals surface area contributed by atoms with Gasteiger partial charge in [-0.3, -0.25) is 4.99 Å². The van der Waals surface area contributed by atoms with Crippen LogP contribution in [0.1, 0.15) is 32.3 Å². The second-order valence-corrected chi connectivity index (χ2v) is 5.31. The molecule has 0 radical (unpaired) electrons. The number of aliphatic imine (C=N–C) groups is 1. The lowest BCUT2D eigenvalue weighted by molar-refractivity contribution is -0.0520.